The lowest BCUT2D eigenvalue weighted by atomic mass is 10.2. The van der Waals surface area contributed by atoms with Crippen molar-refractivity contribution in [3.8, 4) is 0 Å². The molecule has 0 atom stereocenters. The number of hydrogen-bond donors (Lipinski definition) is 2. The molecule has 1 heterocycles. The van der Waals surface area contributed by atoms with Crippen LogP contribution in [0.4, 0.5) is 21.8 Å². The molecule has 2 aromatic rings. The molecule has 0 spiro atoms. The van der Waals surface area contributed by atoms with Crippen LogP contribution in [0.3, 0.4) is 0 Å². The van der Waals surface area contributed by atoms with Crippen molar-refractivity contribution in [2.45, 2.75) is 45.6 Å². The number of nitrogens with zero attached hydrogens (tertiary/aromatic N) is 2. The molecular weight excluding hydrogens is 279 g/mol. The Kier molecular flexibility index (Phi) is 3.96. The summed E-state index contributed by atoms with van der Waals surface area (Å²) < 4.78 is 13.7. The van der Waals surface area contributed by atoms with Gasteiger partial charge in [0.1, 0.15) is 11.6 Å². The summed E-state index contributed by atoms with van der Waals surface area (Å²) in [6.45, 7) is 5.86. The van der Waals surface area contributed by atoms with Crippen molar-refractivity contribution < 1.29 is 4.39 Å². The van der Waals surface area contributed by atoms with Crippen molar-refractivity contribution in [1.29, 1.82) is 0 Å². The van der Waals surface area contributed by atoms with Crippen LogP contribution in [0.15, 0.2) is 24.3 Å². The van der Waals surface area contributed by atoms with Crippen molar-refractivity contribution in [1.82, 2.24) is 9.97 Å². The van der Waals surface area contributed by atoms with E-state index < -0.39 is 0 Å². The average molecular weight is 300 g/mol. The van der Waals surface area contributed by atoms with E-state index in [2.05, 4.69) is 34.4 Å². The number of anilines is 3. The maximum Gasteiger partial charge on any atom is 0.225 e. The van der Waals surface area contributed by atoms with Crippen LogP contribution in [-0.4, -0.2) is 16.0 Å². The van der Waals surface area contributed by atoms with E-state index in [1.54, 1.807) is 13.0 Å². The number of rotatable bonds is 5. The predicted octanol–water partition coefficient (Wildman–Crippen LogP) is 4.37. The molecule has 0 aliphatic heterocycles. The van der Waals surface area contributed by atoms with Crippen LogP contribution >= 0.6 is 0 Å². The molecule has 0 bridgehead atoms. The van der Waals surface area contributed by atoms with Crippen molar-refractivity contribution in [3.63, 3.8) is 0 Å². The highest BCUT2D eigenvalue weighted by atomic mass is 19.1. The Bertz CT molecular complexity index is 680. The second kappa shape index (κ2) is 5.91. The molecule has 0 radical (unpaired) electrons. The zero-order chi connectivity index (χ0) is 15.7. The minimum Gasteiger partial charge on any atom is -0.352 e. The lowest BCUT2D eigenvalue weighted by molar-refractivity contribution is 0.619. The first-order valence-corrected chi connectivity index (χ1v) is 7.70. The maximum absolute atomic E-state index is 13.7. The van der Waals surface area contributed by atoms with Crippen LogP contribution in [0.5, 0.6) is 0 Å². The fourth-order valence-corrected chi connectivity index (χ4v) is 2.32. The van der Waals surface area contributed by atoms with Gasteiger partial charge in [0, 0.05) is 29.3 Å². The molecule has 0 amide bonds. The van der Waals surface area contributed by atoms with Crippen LogP contribution < -0.4 is 10.6 Å². The molecule has 0 saturated heterocycles. The highest BCUT2D eigenvalue weighted by Crippen LogP contribution is 2.40. The van der Waals surface area contributed by atoms with E-state index in [1.807, 2.05) is 12.1 Å². The first kappa shape index (κ1) is 14.8. The minimum absolute atomic E-state index is 0.220. The Labute approximate surface area is 130 Å². The Hall–Kier alpha value is -2.17. The molecule has 1 saturated carbocycles. The van der Waals surface area contributed by atoms with Gasteiger partial charge in [-0.1, -0.05) is 6.07 Å². The molecular formula is C17H21FN4. The summed E-state index contributed by atoms with van der Waals surface area (Å²) in [5.41, 5.74) is 2.37. The van der Waals surface area contributed by atoms with Crippen LogP contribution in [-0.2, 0) is 0 Å². The minimum atomic E-state index is -0.220. The first-order valence-electron chi connectivity index (χ1n) is 7.70. The third-order valence-electron chi connectivity index (χ3n) is 3.69. The predicted molar refractivity (Wildman–Crippen MR) is 87.2 cm³/mol. The van der Waals surface area contributed by atoms with Gasteiger partial charge >= 0.3 is 0 Å². The van der Waals surface area contributed by atoms with Gasteiger partial charge in [-0.3, -0.25) is 0 Å². The van der Waals surface area contributed by atoms with Crippen LogP contribution in [0.1, 0.15) is 43.9 Å². The zero-order valence-electron chi connectivity index (χ0n) is 13.2. The molecule has 1 fully saturated rings. The Morgan fingerprint density at radius 2 is 2.00 bits per heavy atom. The largest absolute Gasteiger partial charge is 0.352 e. The SMILES string of the molecule is Cc1c(F)cccc1Nc1cc(C2CC2)nc(NC(C)C)n1. The normalized spacial score (nSPS) is 14.2. The van der Waals surface area contributed by atoms with Gasteiger partial charge in [-0.15, -0.1) is 0 Å². The second-order valence-electron chi connectivity index (χ2n) is 6.11. The van der Waals surface area contributed by atoms with Gasteiger partial charge in [0.15, 0.2) is 0 Å². The van der Waals surface area contributed by atoms with Crippen molar-refractivity contribution in [2.24, 2.45) is 0 Å². The molecule has 2 N–H and O–H groups in total. The highest BCUT2D eigenvalue weighted by Gasteiger charge is 2.26. The van der Waals surface area contributed by atoms with Gasteiger partial charge in [0.25, 0.3) is 0 Å². The summed E-state index contributed by atoms with van der Waals surface area (Å²) in [6.07, 6.45) is 2.35. The standard InChI is InChI=1S/C17H21FN4/c1-10(2)19-17-21-15(12-7-8-12)9-16(22-17)20-14-6-4-5-13(18)11(14)3/h4-6,9-10,12H,7-8H2,1-3H3,(H2,19,20,21,22). The van der Waals surface area contributed by atoms with E-state index >= 15 is 0 Å². The molecule has 3 rings (SSSR count). The van der Waals surface area contributed by atoms with E-state index in [-0.39, 0.29) is 11.9 Å². The van der Waals surface area contributed by atoms with Crippen molar-refractivity contribution >= 4 is 17.5 Å². The molecule has 116 valence electrons. The van der Waals surface area contributed by atoms with E-state index in [9.17, 15) is 4.39 Å². The molecule has 22 heavy (non-hydrogen) atoms. The van der Waals surface area contributed by atoms with E-state index in [0.717, 1.165) is 11.4 Å². The highest BCUT2D eigenvalue weighted by molar-refractivity contribution is 5.61. The van der Waals surface area contributed by atoms with Gasteiger partial charge in [-0.05, 0) is 45.7 Å². The molecule has 5 heteroatoms. The number of nitrogens with one attached hydrogen (secondary N) is 2. The molecule has 1 aromatic carbocycles. The molecule has 1 aromatic heterocycles. The molecule has 1 aliphatic rings. The van der Waals surface area contributed by atoms with Gasteiger partial charge in [-0.2, -0.15) is 4.98 Å². The quantitative estimate of drug-likeness (QED) is 0.861. The Morgan fingerprint density at radius 1 is 1.23 bits per heavy atom. The van der Waals surface area contributed by atoms with Crippen molar-refractivity contribution in [3.05, 3.63) is 41.3 Å². The summed E-state index contributed by atoms with van der Waals surface area (Å²) >= 11 is 0. The maximum atomic E-state index is 13.7. The summed E-state index contributed by atoms with van der Waals surface area (Å²) in [5.74, 6) is 1.64. The summed E-state index contributed by atoms with van der Waals surface area (Å²) in [5, 5.41) is 6.46. The topological polar surface area (TPSA) is 49.8 Å². The molecule has 0 unspecified atom stereocenters. The fourth-order valence-electron chi connectivity index (χ4n) is 2.32. The van der Waals surface area contributed by atoms with Crippen LogP contribution in [0.25, 0.3) is 0 Å². The third kappa shape index (κ3) is 3.35. The average Bonchev–Trinajstić information content (AvgIpc) is 3.27. The fraction of sp³-hybridized carbons (Fsp3) is 0.412. The van der Waals surface area contributed by atoms with E-state index in [1.165, 1.54) is 18.9 Å². The van der Waals surface area contributed by atoms with Gasteiger partial charge in [0.05, 0.1) is 5.69 Å². The number of benzene rings is 1. The van der Waals surface area contributed by atoms with Gasteiger partial charge in [-0.25, -0.2) is 9.37 Å². The lowest BCUT2D eigenvalue weighted by Crippen LogP contribution is -2.14. The van der Waals surface area contributed by atoms with E-state index in [4.69, 9.17) is 0 Å². The summed E-state index contributed by atoms with van der Waals surface area (Å²) in [4.78, 5) is 9.07. The first-order chi connectivity index (χ1) is 10.5. The van der Waals surface area contributed by atoms with Crippen molar-refractivity contribution in [2.75, 3.05) is 10.6 Å². The number of halogens is 1. The molecule has 1 aliphatic carbocycles. The zero-order valence-corrected chi connectivity index (χ0v) is 13.2. The summed E-state index contributed by atoms with van der Waals surface area (Å²) in [7, 11) is 0. The van der Waals surface area contributed by atoms with Crippen LogP contribution in [0.2, 0.25) is 0 Å². The van der Waals surface area contributed by atoms with Gasteiger partial charge in [0.2, 0.25) is 5.95 Å². The second-order valence-corrected chi connectivity index (χ2v) is 6.11. The summed E-state index contributed by atoms with van der Waals surface area (Å²) in [6, 6.07) is 7.24. The third-order valence-corrected chi connectivity index (χ3v) is 3.69. The smallest absolute Gasteiger partial charge is 0.225 e. The monoisotopic (exact) mass is 300 g/mol. The lowest BCUT2D eigenvalue weighted by Gasteiger charge is -2.14. The Morgan fingerprint density at radius 3 is 2.68 bits per heavy atom. The molecule has 4 nitrogen and oxygen atoms in total. The number of aromatic nitrogens is 2. The van der Waals surface area contributed by atoms with Crippen LogP contribution in [0, 0.1) is 12.7 Å². The Balaban J connectivity index is 1.91. The number of hydrogen-bond acceptors (Lipinski definition) is 4. The van der Waals surface area contributed by atoms with Gasteiger partial charge < -0.3 is 10.6 Å². The van der Waals surface area contributed by atoms with E-state index in [0.29, 0.717) is 23.2 Å².